The summed E-state index contributed by atoms with van der Waals surface area (Å²) >= 11 is 1.58. The van der Waals surface area contributed by atoms with Crippen LogP contribution in [0.5, 0.6) is 5.75 Å². The maximum absolute atomic E-state index is 12.5. The Labute approximate surface area is 166 Å². The molecule has 0 atom stereocenters. The van der Waals surface area contributed by atoms with E-state index >= 15 is 0 Å². The van der Waals surface area contributed by atoms with Crippen LogP contribution in [0.4, 0.5) is 0 Å². The molecule has 7 nitrogen and oxygen atoms in total. The van der Waals surface area contributed by atoms with E-state index < -0.39 is 0 Å². The smallest absolute Gasteiger partial charge is 0.269 e. The van der Waals surface area contributed by atoms with Gasteiger partial charge in [-0.2, -0.15) is 5.10 Å². The summed E-state index contributed by atoms with van der Waals surface area (Å²) in [4.78, 5) is 27.6. The van der Waals surface area contributed by atoms with Crippen molar-refractivity contribution in [1.82, 2.24) is 20.0 Å². The van der Waals surface area contributed by atoms with Crippen LogP contribution in [-0.4, -0.2) is 46.2 Å². The van der Waals surface area contributed by atoms with Gasteiger partial charge in [-0.15, -0.1) is 11.3 Å². The van der Waals surface area contributed by atoms with Gasteiger partial charge in [0.2, 0.25) is 0 Å². The summed E-state index contributed by atoms with van der Waals surface area (Å²) < 4.78 is 7.13. The lowest BCUT2D eigenvalue weighted by atomic mass is 10.2. The van der Waals surface area contributed by atoms with Crippen molar-refractivity contribution >= 4 is 23.2 Å². The maximum atomic E-state index is 12.5. The number of aromatic nitrogens is 2. The highest BCUT2D eigenvalue weighted by atomic mass is 32.1. The molecule has 2 aromatic heterocycles. The predicted octanol–water partition coefficient (Wildman–Crippen LogP) is 2.30. The normalized spacial score (nSPS) is 13.6. The Morgan fingerprint density at radius 1 is 1.29 bits per heavy atom. The van der Waals surface area contributed by atoms with Crippen LogP contribution in [0, 0.1) is 0 Å². The molecule has 1 aliphatic rings. The van der Waals surface area contributed by atoms with E-state index in [1.807, 2.05) is 41.8 Å². The number of aryl methyl sites for hydroxylation is 1. The van der Waals surface area contributed by atoms with E-state index in [-0.39, 0.29) is 18.4 Å². The van der Waals surface area contributed by atoms with Gasteiger partial charge in [0.15, 0.2) is 6.61 Å². The third-order valence-electron chi connectivity index (χ3n) is 4.59. The molecule has 28 heavy (non-hydrogen) atoms. The first-order valence-electron chi connectivity index (χ1n) is 8.96. The molecule has 144 valence electrons. The molecule has 0 saturated carbocycles. The second-order valence-electron chi connectivity index (χ2n) is 6.48. The fourth-order valence-corrected chi connectivity index (χ4v) is 3.80. The average molecular weight is 396 g/mol. The average Bonchev–Trinajstić information content (AvgIpc) is 3.32. The van der Waals surface area contributed by atoms with Crippen LogP contribution in [-0.2, 0) is 18.4 Å². The third-order valence-corrected chi connectivity index (χ3v) is 5.48. The van der Waals surface area contributed by atoms with Crippen molar-refractivity contribution in [3.8, 4) is 16.3 Å². The zero-order valence-electron chi connectivity index (χ0n) is 15.4. The van der Waals surface area contributed by atoms with E-state index in [2.05, 4.69) is 10.4 Å². The molecule has 3 heterocycles. The number of ether oxygens (including phenoxy) is 1. The van der Waals surface area contributed by atoms with Gasteiger partial charge in [-0.1, -0.05) is 24.3 Å². The lowest BCUT2D eigenvalue weighted by Crippen LogP contribution is -2.39. The van der Waals surface area contributed by atoms with Crippen LogP contribution in [0.3, 0.4) is 0 Å². The van der Waals surface area contributed by atoms with Crippen LogP contribution >= 0.6 is 11.3 Å². The fourth-order valence-electron chi connectivity index (χ4n) is 3.12. The van der Waals surface area contributed by atoms with Gasteiger partial charge in [-0.3, -0.25) is 14.3 Å². The zero-order valence-corrected chi connectivity index (χ0v) is 16.2. The van der Waals surface area contributed by atoms with Crippen LogP contribution < -0.4 is 10.1 Å². The number of carbonyl (C=O) groups excluding carboxylic acids is 2. The van der Waals surface area contributed by atoms with E-state index in [9.17, 15) is 9.59 Å². The van der Waals surface area contributed by atoms with E-state index in [4.69, 9.17) is 4.74 Å². The molecule has 3 aromatic rings. The van der Waals surface area contributed by atoms with Gasteiger partial charge < -0.3 is 15.0 Å². The van der Waals surface area contributed by atoms with Crippen molar-refractivity contribution in [2.75, 3.05) is 19.7 Å². The molecule has 2 amide bonds. The van der Waals surface area contributed by atoms with E-state index in [0.717, 1.165) is 21.9 Å². The molecule has 0 saturated heterocycles. The van der Waals surface area contributed by atoms with Crippen LogP contribution in [0.25, 0.3) is 10.6 Å². The second-order valence-corrected chi connectivity index (χ2v) is 7.43. The summed E-state index contributed by atoms with van der Waals surface area (Å²) in [5, 5.41) is 9.26. The zero-order chi connectivity index (χ0) is 19.5. The molecule has 4 rings (SSSR count). The first-order valence-corrected chi connectivity index (χ1v) is 9.84. The minimum Gasteiger partial charge on any atom is -0.483 e. The van der Waals surface area contributed by atoms with Gasteiger partial charge in [-0.05, 0) is 23.6 Å². The predicted molar refractivity (Wildman–Crippen MR) is 106 cm³/mol. The molecule has 0 bridgehead atoms. The molecule has 1 N–H and O–H groups in total. The topological polar surface area (TPSA) is 76.5 Å². The molecule has 0 spiro atoms. The minimum absolute atomic E-state index is 0.0108. The number of benzene rings is 1. The first kappa shape index (κ1) is 18.2. The first-order chi connectivity index (χ1) is 13.6. The van der Waals surface area contributed by atoms with E-state index in [1.165, 1.54) is 0 Å². The van der Waals surface area contributed by atoms with Gasteiger partial charge in [0, 0.05) is 32.2 Å². The molecule has 0 fully saturated rings. The number of amides is 2. The number of thiophene rings is 1. The molecule has 0 unspecified atom stereocenters. The van der Waals surface area contributed by atoms with Gasteiger partial charge in [0.05, 0.1) is 4.88 Å². The Bertz CT molecular complexity index is 997. The Hall–Kier alpha value is -3.13. The number of hydrogen-bond acceptors (Lipinski definition) is 5. The summed E-state index contributed by atoms with van der Waals surface area (Å²) in [5.41, 5.74) is 2.23. The van der Waals surface area contributed by atoms with Gasteiger partial charge in [0.25, 0.3) is 11.8 Å². The Kier molecular flexibility index (Phi) is 5.12. The van der Waals surface area contributed by atoms with Gasteiger partial charge in [0.1, 0.15) is 17.1 Å². The van der Waals surface area contributed by atoms with E-state index in [0.29, 0.717) is 25.3 Å². The number of nitrogens with one attached hydrogen (secondary N) is 1. The van der Waals surface area contributed by atoms with Crippen molar-refractivity contribution in [3.05, 3.63) is 59.1 Å². The Balaban J connectivity index is 1.37. The highest BCUT2D eigenvalue weighted by molar-refractivity contribution is 7.13. The Morgan fingerprint density at radius 2 is 2.14 bits per heavy atom. The lowest BCUT2D eigenvalue weighted by Gasteiger charge is -2.20. The molecule has 1 aliphatic heterocycles. The number of nitrogens with zero attached hydrogens (tertiary/aromatic N) is 3. The summed E-state index contributed by atoms with van der Waals surface area (Å²) in [5.74, 6) is 0.432. The Morgan fingerprint density at radius 3 is 2.96 bits per heavy atom. The minimum atomic E-state index is -0.211. The van der Waals surface area contributed by atoms with Gasteiger partial charge >= 0.3 is 0 Å². The number of para-hydroxylation sites is 1. The molecule has 0 aliphatic carbocycles. The lowest BCUT2D eigenvalue weighted by molar-refractivity contribution is -0.133. The van der Waals surface area contributed by atoms with Gasteiger partial charge in [-0.25, -0.2) is 0 Å². The van der Waals surface area contributed by atoms with Crippen LogP contribution in [0.2, 0.25) is 0 Å². The molecular weight excluding hydrogens is 376 g/mol. The van der Waals surface area contributed by atoms with Crippen molar-refractivity contribution in [1.29, 1.82) is 0 Å². The summed E-state index contributed by atoms with van der Waals surface area (Å²) in [6.45, 7) is 1.25. The third kappa shape index (κ3) is 3.77. The maximum Gasteiger partial charge on any atom is 0.269 e. The van der Waals surface area contributed by atoms with Crippen molar-refractivity contribution in [3.63, 3.8) is 0 Å². The largest absolute Gasteiger partial charge is 0.483 e. The standard InChI is InChI=1S/C20H20N4O3S/c1-23-16(11-15(22-23)18-7-4-10-28-18)20(26)21-8-9-24-12-14-5-2-3-6-17(14)27-13-19(24)25/h2-7,10-11H,8-9,12-13H2,1H3,(H,21,26). The molecule has 8 heteroatoms. The number of rotatable bonds is 5. The van der Waals surface area contributed by atoms with E-state index in [1.54, 1.807) is 34.0 Å². The second kappa shape index (κ2) is 7.85. The van der Waals surface area contributed by atoms with Crippen molar-refractivity contribution in [2.24, 2.45) is 7.05 Å². The number of fused-ring (bicyclic) bond motifs is 1. The van der Waals surface area contributed by atoms with Crippen LogP contribution in [0.15, 0.2) is 47.8 Å². The molecule has 1 aromatic carbocycles. The quantitative estimate of drug-likeness (QED) is 0.718. The molecular formula is C20H20N4O3S. The summed E-state index contributed by atoms with van der Waals surface area (Å²) in [6.07, 6.45) is 0. The summed E-state index contributed by atoms with van der Waals surface area (Å²) in [6, 6.07) is 13.3. The van der Waals surface area contributed by atoms with Crippen LogP contribution in [0.1, 0.15) is 16.1 Å². The highest BCUT2D eigenvalue weighted by Gasteiger charge is 2.21. The monoisotopic (exact) mass is 396 g/mol. The number of carbonyl (C=O) groups is 2. The summed E-state index contributed by atoms with van der Waals surface area (Å²) in [7, 11) is 1.75. The van der Waals surface area contributed by atoms with Crippen molar-refractivity contribution in [2.45, 2.75) is 6.54 Å². The highest BCUT2D eigenvalue weighted by Crippen LogP contribution is 2.24. The van der Waals surface area contributed by atoms with Crippen molar-refractivity contribution < 1.29 is 14.3 Å². The number of hydrogen-bond donors (Lipinski definition) is 1. The SMILES string of the molecule is Cn1nc(-c2cccs2)cc1C(=O)NCCN1Cc2ccccc2OCC1=O. The fraction of sp³-hybridized carbons (Fsp3) is 0.250. The molecule has 0 radical (unpaired) electrons.